The van der Waals surface area contributed by atoms with Crippen molar-refractivity contribution in [1.82, 2.24) is 0 Å². The van der Waals surface area contributed by atoms with Gasteiger partial charge in [-0.25, -0.2) is 0 Å². The summed E-state index contributed by atoms with van der Waals surface area (Å²) in [4.78, 5) is 10.9. The molecule has 0 heterocycles. The zero-order valence-corrected chi connectivity index (χ0v) is 11.1. The molecule has 4 nitrogen and oxygen atoms in total. The molecule has 0 radical (unpaired) electrons. The van der Waals surface area contributed by atoms with Gasteiger partial charge in [-0.15, -0.1) is 0 Å². The Morgan fingerprint density at radius 2 is 2.33 bits per heavy atom. The van der Waals surface area contributed by atoms with Crippen molar-refractivity contribution in [3.05, 3.63) is 46.5 Å². The van der Waals surface area contributed by atoms with E-state index in [-0.39, 0.29) is 5.57 Å². The number of hydrogen-bond acceptors (Lipinski definition) is 3. The molecule has 0 aliphatic heterocycles. The van der Waals surface area contributed by atoms with Gasteiger partial charge in [-0.2, -0.15) is 5.26 Å². The van der Waals surface area contributed by atoms with Gasteiger partial charge in [0.2, 0.25) is 0 Å². The van der Waals surface area contributed by atoms with Gasteiger partial charge in [0.1, 0.15) is 24.0 Å². The van der Waals surface area contributed by atoms with Gasteiger partial charge in [-0.05, 0) is 39.7 Å². The summed E-state index contributed by atoms with van der Waals surface area (Å²) in [6.45, 7) is 3.96. The molecule has 0 atom stereocenters. The second kappa shape index (κ2) is 6.62. The van der Waals surface area contributed by atoms with Crippen LogP contribution >= 0.6 is 15.9 Å². The van der Waals surface area contributed by atoms with Crippen molar-refractivity contribution < 1.29 is 9.53 Å². The summed E-state index contributed by atoms with van der Waals surface area (Å²) in [5.41, 5.74) is 5.64. The van der Waals surface area contributed by atoms with Crippen LogP contribution in [0.1, 0.15) is 5.56 Å². The van der Waals surface area contributed by atoms with Crippen LogP contribution in [0.15, 0.2) is 40.9 Å². The Bertz CT molecular complexity index is 544. The van der Waals surface area contributed by atoms with Crippen molar-refractivity contribution in [2.24, 2.45) is 5.73 Å². The zero-order chi connectivity index (χ0) is 13.5. The molecule has 0 saturated carbocycles. The highest BCUT2D eigenvalue weighted by atomic mass is 79.9. The smallest absolute Gasteiger partial charge is 0.259 e. The lowest BCUT2D eigenvalue weighted by atomic mass is 10.1. The average Bonchev–Trinajstić information content (AvgIpc) is 2.34. The summed E-state index contributed by atoms with van der Waals surface area (Å²) in [6.07, 6.45) is 3.06. The van der Waals surface area contributed by atoms with Crippen LogP contribution in [0.4, 0.5) is 0 Å². The van der Waals surface area contributed by atoms with Crippen molar-refractivity contribution in [2.45, 2.75) is 0 Å². The monoisotopic (exact) mass is 306 g/mol. The minimum atomic E-state index is -0.749. The third kappa shape index (κ3) is 3.75. The Balaban J connectivity index is 3.01. The summed E-state index contributed by atoms with van der Waals surface area (Å²) in [5, 5.41) is 8.73. The Morgan fingerprint density at radius 3 is 2.83 bits per heavy atom. The third-order valence-electron chi connectivity index (χ3n) is 2.01. The molecule has 2 N–H and O–H groups in total. The topological polar surface area (TPSA) is 76.1 Å². The number of primary amides is 1. The van der Waals surface area contributed by atoms with Crippen LogP contribution in [0.25, 0.3) is 6.08 Å². The second-order valence-corrected chi connectivity index (χ2v) is 4.18. The average molecular weight is 307 g/mol. The number of amides is 1. The van der Waals surface area contributed by atoms with Crippen molar-refractivity contribution in [1.29, 1.82) is 5.26 Å². The number of rotatable bonds is 5. The van der Waals surface area contributed by atoms with Crippen LogP contribution in [0.3, 0.4) is 0 Å². The Hall–Kier alpha value is -2.06. The number of ether oxygens (including phenoxy) is 1. The van der Waals surface area contributed by atoms with Crippen LogP contribution in [-0.2, 0) is 4.79 Å². The van der Waals surface area contributed by atoms with Crippen molar-refractivity contribution in [2.75, 3.05) is 6.61 Å². The molecule has 1 amide bonds. The van der Waals surface area contributed by atoms with Crippen molar-refractivity contribution in [3.63, 3.8) is 0 Å². The standard InChI is InChI=1S/C13H11BrN2O2/c1-2-5-18-12-4-3-9(7-11(12)14)6-10(8-15)13(16)17/h2-4,6-7H,1,5H2,(H2,16,17)/b10-6+. The molecule has 0 fully saturated rings. The molecule has 0 saturated heterocycles. The molecule has 0 bridgehead atoms. The Labute approximate surface area is 113 Å². The molecule has 1 rings (SSSR count). The molecule has 0 spiro atoms. The molecular formula is C13H11BrN2O2. The van der Waals surface area contributed by atoms with E-state index in [2.05, 4.69) is 22.5 Å². The van der Waals surface area contributed by atoms with E-state index in [1.54, 1.807) is 30.3 Å². The number of nitrogens with zero attached hydrogens (tertiary/aromatic N) is 1. The maximum atomic E-state index is 10.9. The number of nitrogens with two attached hydrogens (primary N) is 1. The van der Waals surface area contributed by atoms with Crippen LogP contribution < -0.4 is 10.5 Å². The first-order valence-corrected chi connectivity index (χ1v) is 5.82. The number of carbonyl (C=O) groups is 1. The lowest BCUT2D eigenvalue weighted by molar-refractivity contribution is -0.114. The number of nitriles is 1. The molecule has 5 heteroatoms. The fourth-order valence-electron chi connectivity index (χ4n) is 1.20. The van der Waals surface area contributed by atoms with Gasteiger partial charge in [0.05, 0.1) is 4.47 Å². The third-order valence-corrected chi connectivity index (χ3v) is 2.63. The summed E-state index contributed by atoms with van der Waals surface area (Å²) < 4.78 is 6.10. The van der Waals surface area contributed by atoms with Gasteiger partial charge in [-0.1, -0.05) is 18.7 Å². The van der Waals surface area contributed by atoms with E-state index in [0.717, 1.165) is 4.47 Å². The van der Waals surface area contributed by atoms with Crippen LogP contribution in [0, 0.1) is 11.3 Å². The summed E-state index contributed by atoms with van der Waals surface area (Å²) >= 11 is 3.34. The summed E-state index contributed by atoms with van der Waals surface area (Å²) in [5.74, 6) is -0.0924. The summed E-state index contributed by atoms with van der Waals surface area (Å²) in [6, 6.07) is 6.94. The van der Waals surface area contributed by atoms with E-state index >= 15 is 0 Å². The molecule has 0 aliphatic rings. The van der Waals surface area contributed by atoms with E-state index in [0.29, 0.717) is 17.9 Å². The van der Waals surface area contributed by atoms with Gasteiger partial charge in [-0.3, -0.25) is 4.79 Å². The second-order valence-electron chi connectivity index (χ2n) is 3.32. The minimum absolute atomic E-state index is 0.0957. The molecule has 1 aromatic rings. The largest absolute Gasteiger partial charge is 0.488 e. The first-order chi connectivity index (χ1) is 8.58. The van der Waals surface area contributed by atoms with Crippen molar-refractivity contribution >= 4 is 27.9 Å². The lowest BCUT2D eigenvalue weighted by Gasteiger charge is -2.06. The quantitative estimate of drug-likeness (QED) is 0.515. The number of hydrogen-bond donors (Lipinski definition) is 1. The highest BCUT2D eigenvalue weighted by Gasteiger charge is 2.05. The fourth-order valence-corrected chi connectivity index (χ4v) is 1.71. The predicted octanol–water partition coefficient (Wildman–Crippen LogP) is 2.41. The van der Waals surface area contributed by atoms with E-state index < -0.39 is 5.91 Å². The van der Waals surface area contributed by atoms with Gasteiger partial charge in [0.15, 0.2) is 0 Å². The molecule has 92 valence electrons. The normalized spacial score (nSPS) is 10.6. The highest BCUT2D eigenvalue weighted by Crippen LogP contribution is 2.26. The molecule has 0 unspecified atom stereocenters. The lowest BCUT2D eigenvalue weighted by Crippen LogP contribution is -2.12. The molecule has 1 aromatic carbocycles. The van der Waals surface area contributed by atoms with Gasteiger partial charge in [0.25, 0.3) is 5.91 Å². The Kier molecular flexibility index (Phi) is 5.15. The van der Waals surface area contributed by atoms with E-state index in [9.17, 15) is 4.79 Å². The maximum absolute atomic E-state index is 10.9. The zero-order valence-electron chi connectivity index (χ0n) is 9.52. The number of benzene rings is 1. The predicted molar refractivity (Wildman–Crippen MR) is 72.6 cm³/mol. The number of halogens is 1. The maximum Gasteiger partial charge on any atom is 0.259 e. The van der Waals surface area contributed by atoms with Crippen LogP contribution in [-0.4, -0.2) is 12.5 Å². The van der Waals surface area contributed by atoms with E-state index in [1.807, 2.05) is 0 Å². The van der Waals surface area contributed by atoms with E-state index in [4.69, 9.17) is 15.7 Å². The van der Waals surface area contributed by atoms with Gasteiger partial charge < -0.3 is 10.5 Å². The van der Waals surface area contributed by atoms with Gasteiger partial charge in [0, 0.05) is 0 Å². The minimum Gasteiger partial charge on any atom is -0.488 e. The number of carbonyl (C=O) groups excluding carboxylic acids is 1. The molecule has 0 aliphatic carbocycles. The van der Waals surface area contributed by atoms with Crippen LogP contribution in [0.2, 0.25) is 0 Å². The summed E-state index contributed by atoms with van der Waals surface area (Å²) in [7, 11) is 0. The first kappa shape index (κ1) is 14.0. The molecule has 18 heavy (non-hydrogen) atoms. The Morgan fingerprint density at radius 1 is 1.61 bits per heavy atom. The fraction of sp³-hybridized carbons (Fsp3) is 0.0769. The van der Waals surface area contributed by atoms with Gasteiger partial charge >= 0.3 is 0 Å². The first-order valence-electron chi connectivity index (χ1n) is 5.03. The highest BCUT2D eigenvalue weighted by molar-refractivity contribution is 9.10. The molecular weight excluding hydrogens is 296 g/mol. The van der Waals surface area contributed by atoms with Crippen molar-refractivity contribution in [3.8, 4) is 11.8 Å². The van der Waals surface area contributed by atoms with E-state index in [1.165, 1.54) is 6.08 Å². The molecule has 0 aromatic heterocycles. The SMILES string of the molecule is C=CCOc1ccc(/C=C(\C#N)C(N)=O)cc1Br. The van der Waals surface area contributed by atoms with Crippen LogP contribution in [0.5, 0.6) is 5.75 Å².